The summed E-state index contributed by atoms with van der Waals surface area (Å²) in [6, 6.07) is 15.8. The van der Waals surface area contributed by atoms with Crippen LogP contribution in [0.1, 0.15) is 34.8 Å². The highest BCUT2D eigenvalue weighted by Gasteiger charge is 2.32. The first-order valence-electron chi connectivity index (χ1n) is 9.60. The molecule has 2 aliphatic heterocycles. The van der Waals surface area contributed by atoms with Crippen LogP contribution in [0.15, 0.2) is 60.9 Å². The zero-order chi connectivity index (χ0) is 18.9. The van der Waals surface area contributed by atoms with Gasteiger partial charge in [0, 0.05) is 12.7 Å². The molecule has 6 heteroatoms. The van der Waals surface area contributed by atoms with Gasteiger partial charge in [-0.05, 0) is 42.7 Å². The minimum Gasteiger partial charge on any atom is -0.486 e. The maximum absolute atomic E-state index is 13.2. The Morgan fingerprint density at radius 3 is 2.71 bits per heavy atom. The summed E-state index contributed by atoms with van der Waals surface area (Å²) in [6.45, 7) is 1.88. The van der Waals surface area contributed by atoms with E-state index >= 15 is 0 Å². The van der Waals surface area contributed by atoms with Crippen molar-refractivity contribution in [2.75, 3.05) is 19.8 Å². The second kappa shape index (κ2) is 7.03. The Hall–Kier alpha value is -3.28. The summed E-state index contributed by atoms with van der Waals surface area (Å²) in [4.78, 5) is 15.1. The Morgan fingerprint density at radius 1 is 1.04 bits per heavy atom. The highest BCUT2D eigenvalue weighted by atomic mass is 16.6. The standard InChI is InChI=1S/C22H21N3O3/c26-22(17-14-23-25(15-17)18-5-2-1-3-6-18)24-10-4-7-19(24)16-8-9-20-21(13-16)28-12-11-27-20/h1-3,5-6,8-9,13-15,19H,4,7,10-12H2. The van der Waals surface area contributed by atoms with Gasteiger partial charge in [-0.1, -0.05) is 24.3 Å². The first-order chi connectivity index (χ1) is 13.8. The SMILES string of the molecule is O=C(c1cnn(-c2ccccc2)c1)N1CCCC1c1ccc2c(c1)OCCO2. The molecule has 0 N–H and O–H groups in total. The number of aromatic nitrogens is 2. The van der Waals surface area contributed by atoms with Crippen molar-refractivity contribution in [3.05, 3.63) is 72.1 Å². The van der Waals surface area contributed by atoms with Gasteiger partial charge in [0.15, 0.2) is 11.5 Å². The second-order valence-electron chi connectivity index (χ2n) is 7.07. The molecule has 1 saturated heterocycles. The molecule has 3 aromatic rings. The van der Waals surface area contributed by atoms with Crippen molar-refractivity contribution in [2.45, 2.75) is 18.9 Å². The second-order valence-corrected chi connectivity index (χ2v) is 7.07. The first kappa shape index (κ1) is 16.9. The number of amides is 1. The number of nitrogens with zero attached hydrogens (tertiary/aromatic N) is 3. The third kappa shape index (κ3) is 3.01. The molecule has 1 amide bonds. The Labute approximate surface area is 163 Å². The van der Waals surface area contributed by atoms with E-state index < -0.39 is 0 Å². The molecule has 5 rings (SSSR count). The van der Waals surface area contributed by atoms with E-state index in [-0.39, 0.29) is 11.9 Å². The van der Waals surface area contributed by atoms with Gasteiger partial charge < -0.3 is 14.4 Å². The number of likely N-dealkylation sites (tertiary alicyclic amines) is 1. The molecule has 2 aliphatic rings. The molecule has 0 saturated carbocycles. The van der Waals surface area contributed by atoms with Gasteiger partial charge in [-0.3, -0.25) is 4.79 Å². The molecular weight excluding hydrogens is 354 g/mol. The first-order valence-corrected chi connectivity index (χ1v) is 9.60. The van der Waals surface area contributed by atoms with Crippen LogP contribution in [0.4, 0.5) is 0 Å². The van der Waals surface area contributed by atoms with Crippen LogP contribution in [0.5, 0.6) is 11.5 Å². The molecule has 0 aliphatic carbocycles. The van der Waals surface area contributed by atoms with Crippen molar-refractivity contribution in [2.24, 2.45) is 0 Å². The molecule has 142 valence electrons. The van der Waals surface area contributed by atoms with E-state index in [1.54, 1.807) is 17.1 Å². The van der Waals surface area contributed by atoms with Gasteiger partial charge in [0.2, 0.25) is 0 Å². The zero-order valence-corrected chi connectivity index (χ0v) is 15.5. The van der Waals surface area contributed by atoms with E-state index in [1.165, 1.54) is 0 Å². The lowest BCUT2D eigenvalue weighted by atomic mass is 10.0. The lowest BCUT2D eigenvalue weighted by Crippen LogP contribution is -2.30. The number of rotatable bonds is 3. The van der Waals surface area contributed by atoms with Crippen LogP contribution < -0.4 is 9.47 Å². The third-order valence-electron chi connectivity index (χ3n) is 5.31. The summed E-state index contributed by atoms with van der Waals surface area (Å²) in [5, 5.41) is 4.37. The zero-order valence-electron chi connectivity index (χ0n) is 15.5. The van der Waals surface area contributed by atoms with Gasteiger partial charge in [-0.25, -0.2) is 4.68 Å². The maximum atomic E-state index is 13.2. The maximum Gasteiger partial charge on any atom is 0.257 e. The summed E-state index contributed by atoms with van der Waals surface area (Å²) in [6.07, 6.45) is 5.38. The third-order valence-corrected chi connectivity index (χ3v) is 5.31. The molecule has 1 fully saturated rings. The number of para-hydroxylation sites is 1. The monoisotopic (exact) mass is 375 g/mol. The highest BCUT2D eigenvalue weighted by molar-refractivity contribution is 5.94. The Kier molecular flexibility index (Phi) is 4.24. The van der Waals surface area contributed by atoms with Gasteiger partial charge in [-0.15, -0.1) is 0 Å². The Balaban J connectivity index is 1.40. The molecule has 2 aromatic carbocycles. The van der Waals surface area contributed by atoms with Gasteiger partial charge in [0.1, 0.15) is 13.2 Å². The average Bonchev–Trinajstić information content (AvgIpc) is 3.44. The van der Waals surface area contributed by atoms with Crippen LogP contribution in [0, 0.1) is 0 Å². The average molecular weight is 375 g/mol. The lowest BCUT2D eigenvalue weighted by molar-refractivity contribution is 0.0735. The van der Waals surface area contributed by atoms with Gasteiger partial charge >= 0.3 is 0 Å². The topological polar surface area (TPSA) is 56.6 Å². The molecule has 28 heavy (non-hydrogen) atoms. The van der Waals surface area contributed by atoms with E-state index in [0.29, 0.717) is 18.8 Å². The van der Waals surface area contributed by atoms with E-state index in [1.807, 2.05) is 53.4 Å². The molecule has 1 aromatic heterocycles. The predicted octanol–water partition coefficient (Wildman–Crippen LogP) is 3.62. The Bertz CT molecular complexity index is 999. The van der Waals surface area contributed by atoms with Gasteiger partial charge in [0.25, 0.3) is 5.91 Å². The number of carbonyl (C=O) groups is 1. The summed E-state index contributed by atoms with van der Waals surface area (Å²) >= 11 is 0. The van der Waals surface area contributed by atoms with Crippen LogP contribution in [0.3, 0.4) is 0 Å². The van der Waals surface area contributed by atoms with Crippen LogP contribution in [-0.2, 0) is 0 Å². The van der Waals surface area contributed by atoms with Crippen molar-refractivity contribution >= 4 is 5.91 Å². The van der Waals surface area contributed by atoms with Crippen LogP contribution in [-0.4, -0.2) is 40.3 Å². The summed E-state index contributed by atoms with van der Waals surface area (Å²) in [5.74, 6) is 1.55. The predicted molar refractivity (Wildman–Crippen MR) is 104 cm³/mol. The highest BCUT2D eigenvalue weighted by Crippen LogP contribution is 2.38. The number of hydrogen-bond donors (Lipinski definition) is 0. The number of hydrogen-bond acceptors (Lipinski definition) is 4. The summed E-state index contributed by atoms with van der Waals surface area (Å²) in [7, 11) is 0. The van der Waals surface area contributed by atoms with E-state index in [2.05, 4.69) is 5.10 Å². The molecule has 3 heterocycles. The van der Waals surface area contributed by atoms with Crippen LogP contribution >= 0.6 is 0 Å². The molecule has 0 radical (unpaired) electrons. The Morgan fingerprint density at radius 2 is 1.86 bits per heavy atom. The van der Waals surface area contributed by atoms with Gasteiger partial charge in [0.05, 0.1) is 23.5 Å². The fourth-order valence-corrected chi connectivity index (χ4v) is 3.94. The summed E-state index contributed by atoms with van der Waals surface area (Å²) < 4.78 is 13.1. The summed E-state index contributed by atoms with van der Waals surface area (Å²) in [5.41, 5.74) is 2.63. The molecule has 0 spiro atoms. The van der Waals surface area contributed by atoms with Crippen molar-refractivity contribution < 1.29 is 14.3 Å². The number of benzene rings is 2. The quantitative estimate of drug-likeness (QED) is 0.702. The smallest absolute Gasteiger partial charge is 0.257 e. The van der Waals surface area contributed by atoms with Crippen LogP contribution in [0.2, 0.25) is 0 Å². The van der Waals surface area contributed by atoms with Crippen molar-refractivity contribution in [3.8, 4) is 17.2 Å². The molecular formula is C22H21N3O3. The number of carbonyl (C=O) groups excluding carboxylic acids is 1. The minimum absolute atomic E-state index is 0.0135. The fourth-order valence-electron chi connectivity index (χ4n) is 3.94. The molecule has 1 atom stereocenters. The van der Waals surface area contributed by atoms with Crippen LogP contribution in [0.25, 0.3) is 5.69 Å². The van der Waals surface area contributed by atoms with Crippen molar-refractivity contribution in [1.29, 1.82) is 0 Å². The van der Waals surface area contributed by atoms with Crippen molar-refractivity contribution in [3.63, 3.8) is 0 Å². The molecule has 1 unspecified atom stereocenters. The van der Waals surface area contributed by atoms with Gasteiger partial charge in [-0.2, -0.15) is 5.10 Å². The normalized spacial score (nSPS) is 18.3. The number of ether oxygens (including phenoxy) is 2. The van der Waals surface area contributed by atoms with Crippen molar-refractivity contribution in [1.82, 2.24) is 14.7 Å². The largest absolute Gasteiger partial charge is 0.486 e. The molecule has 0 bridgehead atoms. The van der Waals surface area contributed by atoms with E-state index in [9.17, 15) is 4.79 Å². The van der Waals surface area contributed by atoms with E-state index in [4.69, 9.17) is 9.47 Å². The fraction of sp³-hybridized carbons (Fsp3) is 0.273. The minimum atomic E-state index is 0.0135. The lowest BCUT2D eigenvalue weighted by Gasteiger charge is -2.26. The molecule has 6 nitrogen and oxygen atoms in total. The number of fused-ring (bicyclic) bond motifs is 1. The van der Waals surface area contributed by atoms with E-state index in [0.717, 1.165) is 42.1 Å².